The number of thioether (sulfide) groups is 1. The lowest BCUT2D eigenvalue weighted by atomic mass is 10.00. The molecular formula is C12H25N3OS. The summed E-state index contributed by atoms with van der Waals surface area (Å²) in [7, 11) is 1.91. The van der Waals surface area contributed by atoms with Crippen LogP contribution in [0.4, 0.5) is 0 Å². The van der Waals surface area contributed by atoms with Crippen molar-refractivity contribution in [3.63, 3.8) is 0 Å². The van der Waals surface area contributed by atoms with Crippen molar-refractivity contribution in [3.05, 3.63) is 0 Å². The van der Waals surface area contributed by atoms with Crippen molar-refractivity contribution in [1.82, 2.24) is 15.1 Å². The third-order valence-corrected chi connectivity index (χ3v) is 4.00. The maximum Gasteiger partial charge on any atom is 0.242 e. The number of hydrogen-bond donors (Lipinski definition) is 1. The Morgan fingerprint density at radius 1 is 1.41 bits per heavy atom. The van der Waals surface area contributed by atoms with Crippen LogP contribution in [0.3, 0.4) is 0 Å². The molecule has 4 nitrogen and oxygen atoms in total. The van der Waals surface area contributed by atoms with E-state index in [4.69, 9.17) is 0 Å². The molecule has 17 heavy (non-hydrogen) atoms. The van der Waals surface area contributed by atoms with Gasteiger partial charge in [0, 0.05) is 45.5 Å². The van der Waals surface area contributed by atoms with Crippen LogP contribution < -0.4 is 5.32 Å². The largest absolute Gasteiger partial charge is 0.343 e. The molecule has 1 N–H and O–H groups in total. The van der Waals surface area contributed by atoms with Gasteiger partial charge in [0.2, 0.25) is 5.91 Å². The van der Waals surface area contributed by atoms with E-state index in [1.54, 1.807) is 11.8 Å². The van der Waals surface area contributed by atoms with E-state index in [0.717, 1.165) is 38.5 Å². The summed E-state index contributed by atoms with van der Waals surface area (Å²) in [4.78, 5) is 16.6. The number of carbonyl (C=O) groups excluding carboxylic acids is 1. The van der Waals surface area contributed by atoms with Gasteiger partial charge in [0.1, 0.15) is 0 Å². The second-order valence-electron chi connectivity index (χ2n) is 5.02. The Bertz CT molecular complexity index is 252. The maximum atomic E-state index is 12.4. The van der Waals surface area contributed by atoms with Gasteiger partial charge in [-0.3, -0.25) is 9.69 Å². The fourth-order valence-corrected chi connectivity index (χ4v) is 2.61. The number of rotatable bonds is 5. The van der Waals surface area contributed by atoms with Crippen molar-refractivity contribution >= 4 is 17.7 Å². The average Bonchev–Trinajstić information content (AvgIpc) is 2.36. The van der Waals surface area contributed by atoms with E-state index in [9.17, 15) is 4.79 Å². The van der Waals surface area contributed by atoms with Gasteiger partial charge in [0.25, 0.3) is 0 Å². The number of amides is 1. The van der Waals surface area contributed by atoms with Crippen molar-refractivity contribution in [2.24, 2.45) is 0 Å². The van der Waals surface area contributed by atoms with Crippen molar-refractivity contribution < 1.29 is 4.79 Å². The topological polar surface area (TPSA) is 35.6 Å². The Kier molecular flexibility index (Phi) is 5.76. The minimum absolute atomic E-state index is 0.230. The van der Waals surface area contributed by atoms with Crippen molar-refractivity contribution in [3.8, 4) is 0 Å². The fourth-order valence-electron chi connectivity index (χ4n) is 2.16. The number of hydrogen-bond acceptors (Lipinski definition) is 4. The van der Waals surface area contributed by atoms with Crippen molar-refractivity contribution in [2.75, 3.05) is 51.8 Å². The normalized spacial score (nSPS) is 18.1. The van der Waals surface area contributed by atoms with Gasteiger partial charge >= 0.3 is 0 Å². The summed E-state index contributed by atoms with van der Waals surface area (Å²) in [5.41, 5.74) is -0.380. The molecule has 0 saturated carbocycles. The number of piperazine rings is 1. The van der Waals surface area contributed by atoms with E-state index in [-0.39, 0.29) is 11.4 Å². The zero-order chi connectivity index (χ0) is 12.9. The van der Waals surface area contributed by atoms with Crippen LogP contribution in [0.25, 0.3) is 0 Å². The van der Waals surface area contributed by atoms with Crippen LogP contribution in [0.2, 0.25) is 0 Å². The monoisotopic (exact) mass is 259 g/mol. The van der Waals surface area contributed by atoms with E-state index in [0.29, 0.717) is 0 Å². The summed E-state index contributed by atoms with van der Waals surface area (Å²) < 4.78 is 0. The Balaban J connectivity index is 2.57. The van der Waals surface area contributed by atoms with Crippen LogP contribution in [0.1, 0.15) is 13.8 Å². The molecule has 1 rings (SSSR count). The van der Waals surface area contributed by atoms with Crippen LogP contribution in [0.15, 0.2) is 0 Å². The van der Waals surface area contributed by atoms with E-state index in [1.165, 1.54) is 0 Å². The first-order valence-corrected chi connectivity index (χ1v) is 7.60. The van der Waals surface area contributed by atoms with Crippen LogP contribution in [-0.2, 0) is 4.79 Å². The molecule has 0 aromatic carbocycles. The first-order valence-electron chi connectivity index (χ1n) is 6.20. The molecule has 1 saturated heterocycles. The van der Waals surface area contributed by atoms with E-state index in [1.807, 2.05) is 25.8 Å². The van der Waals surface area contributed by atoms with E-state index in [2.05, 4.69) is 16.5 Å². The standard InChI is InChI=1S/C12H25N3OS/c1-12(2,15-7-5-13-6-8-15)11(16)14(3)9-10-17-4/h13H,5-10H2,1-4H3. The number of nitrogens with one attached hydrogen (secondary N) is 1. The van der Waals surface area contributed by atoms with Gasteiger partial charge in [0.15, 0.2) is 0 Å². The van der Waals surface area contributed by atoms with Gasteiger partial charge in [-0.2, -0.15) is 11.8 Å². The van der Waals surface area contributed by atoms with Crippen molar-refractivity contribution in [1.29, 1.82) is 0 Å². The van der Waals surface area contributed by atoms with E-state index < -0.39 is 0 Å². The quantitative estimate of drug-likeness (QED) is 0.779. The molecule has 0 bridgehead atoms. The summed E-state index contributed by atoms with van der Waals surface area (Å²) >= 11 is 1.78. The Morgan fingerprint density at radius 3 is 2.53 bits per heavy atom. The highest BCUT2D eigenvalue weighted by Gasteiger charge is 2.36. The number of carbonyl (C=O) groups is 1. The summed E-state index contributed by atoms with van der Waals surface area (Å²) in [5, 5.41) is 3.32. The predicted molar refractivity (Wildman–Crippen MR) is 74.5 cm³/mol. The Morgan fingerprint density at radius 2 is 2.00 bits per heavy atom. The molecule has 0 unspecified atom stereocenters. The predicted octanol–water partition coefficient (Wildman–Crippen LogP) is 0.492. The molecule has 1 amide bonds. The van der Waals surface area contributed by atoms with Crippen LogP contribution in [-0.4, -0.2) is 73.0 Å². The van der Waals surface area contributed by atoms with Gasteiger partial charge in [-0.05, 0) is 20.1 Å². The number of nitrogens with zero attached hydrogens (tertiary/aromatic N) is 2. The molecule has 1 heterocycles. The number of likely N-dealkylation sites (N-methyl/N-ethyl adjacent to an activating group) is 1. The minimum Gasteiger partial charge on any atom is -0.343 e. The molecule has 100 valence electrons. The van der Waals surface area contributed by atoms with Crippen LogP contribution in [0, 0.1) is 0 Å². The maximum absolute atomic E-state index is 12.4. The summed E-state index contributed by atoms with van der Waals surface area (Å²) in [6.07, 6.45) is 2.07. The lowest BCUT2D eigenvalue weighted by molar-refractivity contribution is -0.141. The Labute approximate surface area is 109 Å². The van der Waals surface area contributed by atoms with Gasteiger partial charge in [0.05, 0.1) is 5.54 Å². The highest BCUT2D eigenvalue weighted by atomic mass is 32.2. The first-order chi connectivity index (χ1) is 8.00. The second kappa shape index (κ2) is 6.61. The third-order valence-electron chi connectivity index (χ3n) is 3.41. The lowest BCUT2D eigenvalue weighted by Crippen LogP contribution is -2.60. The lowest BCUT2D eigenvalue weighted by Gasteiger charge is -2.41. The molecule has 0 aromatic rings. The van der Waals surface area contributed by atoms with E-state index >= 15 is 0 Å². The molecule has 1 aliphatic rings. The van der Waals surface area contributed by atoms with Gasteiger partial charge < -0.3 is 10.2 Å². The first kappa shape index (κ1) is 14.8. The minimum atomic E-state index is -0.380. The summed E-state index contributed by atoms with van der Waals surface area (Å²) in [6, 6.07) is 0. The molecule has 0 spiro atoms. The fraction of sp³-hybridized carbons (Fsp3) is 0.917. The van der Waals surface area contributed by atoms with Crippen LogP contribution >= 0.6 is 11.8 Å². The highest BCUT2D eigenvalue weighted by molar-refractivity contribution is 7.98. The molecule has 1 aliphatic heterocycles. The Hall–Kier alpha value is -0.260. The van der Waals surface area contributed by atoms with Gasteiger partial charge in [-0.25, -0.2) is 0 Å². The highest BCUT2D eigenvalue weighted by Crippen LogP contribution is 2.18. The molecular weight excluding hydrogens is 234 g/mol. The zero-order valence-electron chi connectivity index (χ0n) is 11.5. The molecule has 5 heteroatoms. The summed E-state index contributed by atoms with van der Waals surface area (Å²) in [6.45, 7) is 8.77. The van der Waals surface area contributed by atoms with Crippen LogP contribution in [0.5, 0.6) is 0 Å². The SMILES string of the molecule is CSCCN(C)C(=O)C(C)(C)N1CCNCC1. The van der Waals surface area contributed by atoms with Crippen molar-refractivity contribution in [2.45, 2.75) is 19.4 Å². The molecule has 0 atom stereocenters. The molecule has 0 aromatic heterocycles. The van der Waals surface area contributed by atoms with Gasteiger partial charge in [-0.15, -0.1) is 0 Å². The smallest absolute Gasteiger partial charge is 0.242 e. The second-order valence-corrected chi connectivity index (χ2v) is 6.00. The molecule has 0 radical (unpaired) electrons. The molecule has 0 aliphatic carbocycles. The zero-order valence-corrected chi connectivity index (χ0v) is 12.3. The average molecular weight is 259 g/mol. The summed E-state index contributed by atoms with van der Waals surface area (Å²) in [5.74, 6) is 1.23. The third kappa shape index (κ3) is 3.86. The van der Waals surface area contributed by atoms with Gasteiger partial charge in [-0.1, -0.05) is 0 Å². The molecule has 1 fully saturated rings.